The zero-order chi connectivity index (χ0) is 14.1. The summed E-state index contributed by atoms with van der Waals surface area (Å²) >= 11 is 7.45. The highest BCUT2D eigenvalue weighted by molar-refractivity contribution is 8.03. The number of thioether (sulfide) groups is 1. The van der Waals surface area contributed by atoms with Gasteiger partial charge in [0.15, 0.2) is 0 Å². The summed E-state index contributed by atoms with van der Waals surface area (Å²) in [5.41, 5.74) is 1.06. The molecular weight excluding hydrogens is 282 g/mol. The Morgan fingerprint density at radius 3 is 2.53 bits per heavy atom. The predicted octanol–water partition coefficient (Wildman–Crippen LogP) is 4.28. The molecule has 0 aromatic heterocycles. The molecule has 0 bridgehead atoms. The van der Waals surface area contributed by atoms with Crippen LogP contribution in [0.25, 0.3) is 0 Å². The van der Waals surface area contributed by atoms with E-state index in [9.17, 15) is 0 Å². The molecule has 0 atom stereocenters. The summed E-state index contributed by atoms with van der Waals surface area (Å²) in [7, 11) is 0. The average molecular weight is 300 g/mol. The molecule has 0 unspecified atom stereocenters. The van der Waals surface area contributed by atoms with E-state index in [1.165, 1.54) is 11.8 Å². The van der Waals surface area contributed by atoms with Crippen LogP contribution in [-0.4, -0.2) is 19.0 Å². The molecule has 0 heterocycles. The van der Waals surface area contributed by atoms with Crippen LogP contribution >= 0.6 is 23.4 Å². The van der Waals surface area contributed by atoms with Gasteiger partial charge in [-0.3, -0.25) is 0 Å². The summed E-state index contributed by atoms with van der Waals surface area (Å²) in [6.07, 6.45) is 1.76. The van der Waals surface area contributed by atoms with Crippen molar-refractivity contribution in [3.8, 4) is 16.9 Å². The minimum atomic E-state index is 0.573. The molecule has 0 radical (unpaired) electrons. The molecular formula is C14H18ClNO2S. The average Bonchev–Trinajstić information content (AvgIpc) is 2.40. The summed E-state index contributed by atoms with van der Waals surface area (Å²) in [4.78, 5) is 0. The van der Waals surface area contributed by atoms with Gasteiger partial charge in [-0.05, 0) is 50.1 Å². The van der Waals surface area contributed by atoms with Crippen molar-refractivity contribution in [2.24, 2.45) is 0 Å². The van der Waals surface area contributed by atoms with E-state index in [0.717, 1.165) is 29.9 Å². The highest BCUT2D eigenvalue weighted by Gasteiger charge is 2.10. The fourth-order valence-corrected chi connectivity index (χ4v) is 2.33. The first kappa shape index (κ1) is 16.0. The van der Waals surface area contributed by atoms with E-state index in [0.29, 0.717) is 24.0 Å². The molecule has 0 N–H and O–H groups in total. The summed E-state index contributed by atoms with van der Waals surface area (Å²) in [5.74, 6) is 2.28. The van der Waals surface area contributed by atoms with E-state index in [-0.39, 0.29) is 0 Å². The zero-order valence-electron chi connectivity index (χ0n) is 11.2. The highest BCUT2D eigenvalue weighted by Crippen LogP contribution is 2.33. The lowest BCUT2D eigenvalue weighted by Crippen LogP contribution is -2.00. The van der Waals surface area contributed by atoms with Crippen molar-refractivity contribution >= 4 is 23.4 Å². The maximum atomic E-state index is 8.49. The van der Waals surface area contributed by atoms with Gasteiger partial charge in [0.2, 0.25) is 0 Å². The van der Waals surface area contributed by atoms with Gasteiger partial charge in [-0.2, -0.15) is 5.26 Å². The highest BCUT2D eigenvalue weighted by atomic mass is 35.5. The summed E-state index contributed by atoms with van der Waals surface area (Å²) in [6, 6.07) is 3.75. The van der Waals surface area contributed by atoms with Crippen LogP contribution in [0.2, 0.25) is 5.02 Å². The number of halogens is 1. The number of nitrogens with zero attached hydrogens (tertiary/aromatic N) is 1. The van der Waals surface area contributed by atoms with E-state index in [1.807, 2.05) is 26.0 Å². The Balaban J connectivity index is 2.82. The van der Waals surface area contributed by atoms with Crippen molar-refractivity contribution in [1.82, 2.24) is 0 Å². The van der Waals surface area contributed by atoms with E-state index in [2.05, 4.69) is 5.40 Å². The molecule has 5 heteroatoms. The van der Waals surface area contributed by atoms with Gasteiger partial charge in [-0.25, -0.2) is 0 Å². The third-order valence-corrected chi connectivity index (χ3v) is 3.39. The normalized spacial score (nSPS) is 10.0. The molecule has 1 rings (SSSR count). The first-order valence-corrected chi connectivity index (χ1v) is 7.68. The molecule has 0 aliphatic rings. The molecule has 0 aliphatic heterocycles. The number of hydrogen-bond acceptors (Lipinski definition) is 4. The van der Waals surface area contributed by atoms with E-state index in [4.69, 9.17) is 26.3 Å². The molecule has 3 nitrogen and oxygen atoms in total. The lowest BCUT2D eigenvalue weighted by atomic mass is 10.1. The van der Waals surface area contributed by atoms with Crippen molar-refractivity contribution in [1.29, 1.82) is 5.26 Å². The number of aryl methyl sites for hydroxylation is 1. The number of rotatable bonds is 8. The van der Waals surface area contributed by atoms with Crippen LogP contribution in [0.3, 0.4) is 0 Å². The minimum Gasteiger partial charge on any atom is -0.493 e. The largest absolute Gasteiger partial charge is 0.493 e. The van der Waals surface area contributed by atoms with Crippen molar-refractivity contribution in [2.75, 3.05) is 19.0 Å². The molecule has 1 aromatic rings. The van der Waals surface area contributed by atoms with Crippen LogP contribution in [-0.2, 0) is 6.42 Å². The van der Waals surface area contributed by atoms with Crippen molar-refractivity contribution in [3.63, 3.8) is 0 Å². The van der Waals surface area contributed by atoms with Crippen LogP contribution in [0.4, 0.5) is 0 Å². The smallest absolute Gasteiger partial charge is 0.141 e. The fourth-order valence-electron chi connectivity index (χ4n) is 1.71. The Bertz CT molecular complexity index is 446. The van der Waals surface area contributed by atoms with Crippen molar-refractivity contribution < 1.29 is 9.47 Å². The second kappa shape index (κ2) is 8.95. The summed E-state index contributed by atoms with van der Waals surface area (Å²) < 4.78 is 11.1. The molecule has 1 aromatic carbocycles. The van der Waals surface area contributed by atoms with E-state index < -0.39 is 0 Å². The van der Waals surface area contributed by atoms with Gasteiger partial charge in [0, 0.05) is 11.8 Å². The van der Waals surface area contributed by atoms with Crippen LogP contribution in [0, 0.1) is 10.7 Å². The second-order valence-electron chi connectivity index (χ2n) is 3.80. The standard InChI is InChI=1S/C14H18ClNO2S/c1-3-17-13-9-14(18-4-2)12(15)8-11(13)6-5-7-19-10-16/h8-9H,3-7H2,1-2H3. The SMILES string of the molecule is CCOc1cc(OCC)c(CCCSC#N)cc1Cl. The number of ether oxygens (including phenoxy) is 2. The Labute approximate surface area is 123 Å². The monoisotopic (exact) mass is 299 g/mol. The van der Waals surface area contributed by atoms with Crippen LogP contribution in [0.15, 0.2) is 12.1 Å². The Hall–Kier alpha value is -1.05. The van der Waals surface area contributed by atoms with E-state index in [1.54, 1.807) is 0 Å². The maximum absolute atomic E-state index is 8.49. The Morgan fingerprint density at radius 2 is 1.89 bits per heavy atom. The molecule has 0 amide bonds. The fraction of sp³-hybridized carbons (Fsp3) is 0.500. The van der Waals surface area contributed by atoms with Crippen molar-refractivity contribution in [3.05, 3.63) is 22.7 Å². The lowest BCUT2D eigenvalue weighted by molar-refractivity contribution is 0.321. The van der Waals surface area contributed by atoms with Gasteiger partial charge in [-0.15, -0.1) is 0 Å². The minimum absolute atomic E-state index is 0.573. The van der Waals surface area contributed by atoms with Gasteiger partial charge in [0.1, 0.15) is 16.9 Å². The Kier molecular flexibility index (Phi) is 7.54. The summed E-state index contributed by atoms with van der Waals surface area (Å²) in [5, 5.41) is 11.2. The number of nitriles is 1. The number of benzene rings is 1. The molecule has 0 saturated carbocycles. The lowest BCUT2D eigenvalue weighted by Gasteiger charge is -2.14. The van der Waals surface area contributed by atoms with Crippen molar-refractivity contribution in [2.45, 2.75) is 26.7 Å². The summed E-state index contributed by atoms with van der Waals surface area (Å²) in [6.45, 7) is 5.05. The first-order chi connectivity index (χ1) is 9.22. The van der Waals surface area contributed by atoms with Gasteiger partial charge < -0.3 is 9.47 Å². The molecule has 0 fully saturated rings. The first-order valence-electron chi connectivity index (χ1n) is 6.31. The molecule has 0 spiro atoms. The van der Waals surface area contributed by atoms with Crippen LogP contribution in [0.5, 0.6) is 11.5 Å². The predicted molar refractivity (Wildman–Crippen MR) is 80.2 cm³/mol. The zero-order valence-corrected chi connectivity index (χ0v) is 12.8. The number of thiocyanates is 1. The topological polar surface area (TPSA) is 42.2 Å². The maximum Gasteiger partial charge on any atom is 0.141 e. The van der Waals surface area contributed by atoms with Gasteiger partial charge in [0.05, 0.1) is 18.2 Å². The van der Waals surface area contributed by atoms with Crippen LogP contribution < -0.4 is 9.47 Å². The second-order valence-corrected chi connectivity index (χ2v) is 5.09. The van der Waals surface area contributed by atoms with Crippen LogP contribution in [0.1, 0.15) is 25.8 Å². The third-order valence-electron chi connectivity index (χ3n) is 2.47. The number of hydrogen-bond donors (Lipinski definition) is 0. The quantitative estimate of drug-likeness (QED) is 0.530. The molecule has 0 saturated heterocycles. The van der Waals surface area contributed by atoms with E-state index >= 15 is 0 Å². The van der Waals surface area contributed by atoms with Gasteiger partial charge >= 0.3 is 0 Å². The Morgan fingerprint density at radius 1 is 1.21 bits per heavy atom. The van der Waals surface area contributed by atoms with Gasteiger partial charge in [-0.1, -0.05) is 11.6 Å². The molecule has 104 valence electrons. The molecule has 0 aliphatic carbocycles. The third kappa shape index (κ3) is 5.22. The van der Waals surface area contributed by atoms with Gasteiger partial charge in [0.25, 0.3) is 0 Å². The molecule has 19 heavy (non-hydrogen) atoms.